The van der Waals surface area contributed by atoms with Gasteiger partial charge in [-0.15, -0.1) is 0 Å². The van der Waals surface area contributed by atoms with Gasteiger partial charge in [-0.3, -0.25) is 0 Å². The summed E-state index contributed by atoms with van der Waals surface area (Å²) >= 11 is 0. The summed E-state index contributed by atoms with van der Waals surface area (Å²) in [5.74, 6) is 0. The third-order valence-corrected chi connectivity index (χ3v) is 8.92. The summed E-state index contributed by atoms with van der Waals surface area (Å²) in [5, 5.41) is 10.2. The van der Waals surface area contributed by atoms with E-state index < -0.39 is 0 Å². The Bertz CT molecular complexity index is 2430. The average Bonchev–Trinajstić information content (AvgIpc) is 3.46. The number of fused-ring (bicyclic) bond motifs is 10. The fraction of sp³-hybridized carbons (Fsp3) is 0. The molecule has 0 aliphatic rings. The number of hydrogen-bond donors (Lipinski definition) is 0. The van der Waals surface area contributed by atoms with Gasteiger partial charge in [0.25, 0.3) is 0 Å². The van der Waals surface area contributed by atoms with Crippen molar-refractivity contribution in [3.8, 4) is 5.69 Å². The number of aromatic nitrogens is 1. The second-order valence-electron chi connectivity index (χ2n) is 11.4. The lowest BCUT2D eigenvalue weighted by molar-refractivity contribution is 1.18. The van der Waals surface area contributed by atoms with Crippen molar-refractivity contribution < 1.29 is 0 Å². The van der Waals surface area contributed by atoms with E-state index in [1.165, 1.54) is 54.1 Å². The molecule has 0 bridgehead atoms. The maximum absolute atomic E-state index is 2.50. The van der Waals surface area contributed by atoms with Crippen LogP contribution in [0.4, 0.5) is 17.1 Å². The quantitative estimate of drug-likeness (QED) is 0.194. The maximum atomic E-state index is 2.50. The lowest BCUT2D eigenvalue weighted by atomic mass is 9.96. The molecular formula is C42H28N2. The molecule has 0 fully saturated rings. The van der Waals surface area contributed by atoms with Crippen molar-refractivity contribution in [1.29, 1.82) is 0 Å². The zero-order chi connectivity index (χ0) is 29.0. The van der Waals surface area contributed by atoms with Crippen LogP contribution in [0.15, 0.2) is 170 Å². The molecule has 1 heterocycles. The van der Waals surface area contributed by atoms with Gasteiger partial charge in [-0.2, -0.15) is 0 Å². The number of anilines is 3. The molecule has 0 aliphatic carbocycles. The van der Waals surface area contributed by atoms with Gasteiger partial charge in [0.05, 0.1) is 11.0 Å². The molecule has 0 spiro atoms. The van der Waals surface area contributed by atoms with E-state index in [1.807, 2.05) is 0 Å². The van der Waals surface area contributed by atoms with Crippen LogP contribution in [0.3, 0.4) is 0 Å². The van der Waals surface area contributed by atoms with Gasteiger partial charge in [0.2, 0.25) is 0 Å². The third-order valence-electron chi connectivity index (χ3n) is 8.92. The highest BCUT2D eigenvalue weighted by atomic mass is 15.1. The Kier molecular flexibility index (Phi) is 5.54. The number of hydrogen-bond acceptors (Lipinski definition) is 1. The normalized spacial score (nSPS) is 11.6. The predicted molar refractivity (Wildman–Crippen MR) is 188 cm³/mol. The molecule has 2 heteroatoms. The van der Waals surface area contributed by atoms with Crippen LogP contribution in [-0.2, 0) is 0 Å². The van der Waals surface area contributed by atoms with Crippen LogP contribution >= 0.6 is 0 Å². The lowest BCUT2D eigenvalue weighted by Gasteiger charge is -2.25. The highest BCUT2D eigenvalue weighted by Crippen LogP contribution is 2.44. The molecule has 44 heavy (non-hydrogen) atoms. The number of nitrogens with zero attached hydrogens (tertiary/aromatic N) is 2. The van der Waals surface area contributed by atoms with Gasteiger partial charge < -0.3 is 9.47 Å². The van der Waals surface area contributed by atoms with Crippen LogP contribution < -0.4 is 4.90 Å². The first-order valence-electron chi connectivity index (χ1n) is 15.1. The van der Waals surface area contributed by atoms with Crippen LogP contribution in [0, 0.1) is 0 Å². The summed E-state index contributed by atoms with van der Waals surface area (Å²) in [6.07, 6.45) is 0. The van der Waals surface area contributed by atoms with Crippen molar-refractivity contribution in [2.45, 2.75) is 0 Å². The fourth-order valence-electron chi connectivity index (χ4n) is 7.05. The Labute approximate surface area is 255 Å². The smallest absolute Gasteiger partial charge is 0.0626 e. The fourth-order valence-corrected chi connectivity index (χ4v) is 7.05. The Hall–Kier alpha value is -5.86. The Morgan fingerprint density at radius 3 is 1.48 bits per heavy atom. The predicted octanol–water partition coefficient (Wildman–Crippen LogP) is 11.7. The van der Waals surface area contributed by atoms with E-state index in [0.717, 1.165) is 22.7 Å². The van der Waals surface area contributed by atoms with Crippen LogP contribution in [0.25, 0.3) is 59.8 Å². The molecule has 0 unspecified atom stereocenters. The highest BCUT2D eigenvalue weighted by Gasteiger charge is 2.21. The summed E-state index contributed by atoms with van der Waals surface area (Å²) < 4.78 is 2.50. The molecule has 0 aliphatic heterocycles. The monoisotopic (exact) mass is 560 g/mol. The summed E-state index contributed by atoms with van der Waals surface area (Å²) in [6.45, 7) is 0. The Balaban J connectivity index is 1.37. The largest absolute Gasteiger partial charge is 0.311 e. The van der Waals surface area contributed by atoms with Crippen molar-refractivity contribution in [2.24, 2.45) is 0 Å². The SMILES string of the molecule is c1ccc(N(c2ccccc2)c2ccc(-n3c4c5ccccc5ccc4c4c5ccccc5c5ccccc5c43)cc2)cc1. The molecule has 9 rings (SSSR count). The zero-order valence-corrected chi connectivity index (χ0v) is 24.1. The van der Waals surface area contributed by atoms with Crippen molar-refractivity contribution in [3.05, 3.63) is 170 Å². The van der Waals surface area contributed by atoms with Crippen molar-refractivity contribution in [2.75, 3.05) is 4.90 Å². The highest BCUT2D eigenvalue weighted by molar-refractivity contribution is 6.34. The summed E-state index contributed by atoms with van der Waals surface area (Å²) in [6, 6.07) is 61.3. The summed E-state index contributed by atoms with van der Waals surface area (Å²) in [7, 11) is 0. The third kappa shape index (κ3) is 3.68. The minimum atomic E-state index is 1.12. The second kappa shape index (κ2) is 9.86. The van der Waals surface area contributed by atoms with Gasteiger partial charge in [-0.25, -0.2) is 0 Å². The summed E-state index contributed by atoms with van der Waals surface area (Å²) in [5.41, 5.74) is 7.02. The number of benzene rings is 8. The van der Waals surface area contributed by atoms with Gasteiger partial charge in [0.1, 0.15) is 0 Å². The van der Waals surface area contributed by atoms with E-state index >= 15 is 0 Å². The van der Waals surface area contributed by atoms with Gasteiger partial charge in [0.15, 0.2) is 0 Å². The van der Waals surface area contributed by atoms with Crippen LogP contribution in [0.1, 0.15) is 0 Å². The van der Waals surface area contributed by atoms with E-state index in [9.17, 15) is 0 Å². The molecule has 0 amide bonds. The Morgan fingerprint density at radius 1 is 0.318 bits per heavy atom. The van der Waals surface area contributed by atoms with E-state index in [4.69, 9.17) is 0 Å². The topological polar surface area (TPSA) is 8.17 Å². The molecule has 1 aromatic heterocycles. The van der Waals surface area contributed by atoms with E-state index in [-0.39, 0.29) is 0 Å². The minimum absolute atomic E-state index is 1.12. The Morgan fingerprint density at radius 2 is 0.818 bits per heavy atom. The molecule has 0 saturated carbocycles. The van der Waals surface area contributed by atoms with Gasteiger partial charge in [-0.05, 0) is 70.1 Å². The molecule has 206 valence electrons. The maximum Gasteiger partial charge on any atom is 0.0626 e. The van der Waals surface area contributed by atoms with Crippen molar-refractivity contribution in [3.63, 3.8) is 0 Å². The molecule has 8 aromatic carbocycles. The number of rotatable bonds is 4. The molecule has 0 radical (unpaired) electrons. The standard InChI is InChI=1S/C42H28N2/c1-3-14-30(15-4-1)43(31-16-5-2-6-17-31)32-24-26-33(27-25-32)44-41-34-18-8-7-13-29(34)23-28-39(41)40-37-21-11-9-19-35(37)36-20-10-12-22-38(36)42(40)44/h1-28H. The second-order valence-corrected chi connectivity index (χ2v) is 11.4. The first-order chi connectivity index (χ1) is 21.9. The first kappa shape index (κ1) is 24.7. The molecule has 0 atom stereocenters. The van der Waals surface area contributed by atoms with E-state index in [2.05, 4.69) is 179 Å². The number of para-hydroxylation sites is 2. The molecule has 0 N–H and O–H groups in total. The van der Waals surface area contributed by atoms with E-state index in [0.29, 0.717) is 0 Å². The van der Waals surface area contributed by atoms with Crippen LogP contribution in [0.2, 0.25) is 0 Å². The summed E-state index contributed by atoms with van der Waals surface area (Å²) in [4.78, 5) is 2.31. The van der Waals surface area contributed by atoms with Gasteiger partial charge in [-0.1, -0.05) is 121 Å². The first-order valence-corrected chi connectivity index (χ1v) is 15.1. The van der Waals surface area contributed by atoms with Crippen LogP contribution in [-0.4, -0.2) is 4.57 Å². The lowest BCUT2D eigenvalue weighted by Crippen LogP contribution is -2.09. The molecule has 2 nitrogen and oxygen atoms in total. The zero-order valence-electron chi connectivity index (χ0n) is 24.1. The van der Waals surface area contributed by atoms with Gasteiger partial charge in [0, 0.05) is 44.3 Å². The molecular weight excluding hydrogens is 532 g/mol. The van der Waals surface area contributed by atoms with Crippen LogP contribution in [0.5, 0.6) is 0 Å². The van der Waals surface area contributed by atoms with E-state index in [1.54, 1.807) is 0 Å². The van der Waals surface area contributed by atoms with Crippen molar-refractivity contribution >= 4 is 71.2 Å². The molecule has 9 aromatic rings. The van der Waals surface area contributed by atoms with Crippen molar-refractivity contribution in [1.82, 2.24) is 4.57 Å². The average molecular weight is 561 g/mol. The molecule has 0 saturated heterocycles. The minimum Gasteiger partial charge on any atom is -0.311 e. The van der Waals surface area contributed by atoms with Gasteiger partial charge >= 0.3 is 0 Å².